The van der Waals surface area contributed by atoms with Crippen molar-refractivity contribution in [3.63, 3.8) is 0 Å². The lowest BCUT2D eigenvalue weighted by Gasteiger charge is -2.13. The summed E-state index contributed by atoms with van der Waals surface area (Å²) in [4.78, 5) is 12.8. The molecule has 0 bridgehead atoms. The van der Waals surface area contributed by atoms with Gasteiger partial charge in [0, 0.05) is 9.86 Å². The number of aryl methyl sites for hydroxylation is 1. The van der Waals surface area contributed by atoms with Crippen molar-refractivity contribution in [2.75, 3.05) is 14.2 Å². The first-order valence-corrected chi connectivity index (χ1v) is 10.5. The lowest BCUT2D eigenvalue weighted by Crippen LogP contribution is -2.06. The Balaban J connectivity index is 1.72. The number of hydrogen-bond acceptors (Lipinski definition) is 5. The van der Waals surface area contributed by atoms with Crippen molar-refractivity contribution < 1.29 is 18.6 Å². The van der Waals surface area contributed by atoms with Crippen LogP contribution in [0.15, 0.2) is 74.3 Å². The fourth-order valence-corrected chi connectivity index (χ4v) is 3.76. The van der Waals surface area contributed by atoms with Crippen LogP contribution in [0.3, 0.4) is 0 Å². The van der Waals surface area contributed by atoms with Gasteiger partial charge in [-0.2, -0.15) is 0 Å². The summed E-state index contributed by atoms with van der Waals surface area (Å²) in [5, 5.41) is 0.817. The second kappa shape index (κ2) is 8.86. The predicted octanol–water partition coefficient (Wildman–Crippen LogP) is 6.13. The molecule has 0 aliphatic carbocycles. The molecule has 0 unspecified atom stereocenters. The highest BCUT2D eigenvalue weighted by Crippen LogP contribution is 2.34. The van der Waals surface area contributed by atoms with Crippen molar-refractivity contribution in [3.8, 4) is 28.4 Å². The summed E-state index contributed by atoms with van der Waals surface area (Å²) in [6, 6.07) is 18.8. The highest BCUT2D eigenvalue weighted by Gasteiger charge is 2.16. The SMILES string of the molecule is COc1ccc(-c2c(C)c3cc(OCc4ccc(Br)cc4)ccc3oc2=O)cc1OC. The van der Waals surface area contributed by atoms with Crippen LogP contribution < -0.4 is 19.8 Å². The van der Waals surface area contributed by atoms with Crippen molar-refractivity contribution in [2.45, 2.75) is 13.5 Å². The van der Waals surface area contributed by atoms with Crippen molar-refractivity contribution in [1.29, 1.82) is 0 Å². The summed E-state index contributed by atoms with van der Waals surface area (Å²) in [6.07, 6.45) is 0. The molecular weight excluding hydrogens is 460 g/mol. The van der Waals surface area contributed by atoms with E-state index in [1.165, 1.54) is 0 Å². The molecule has 0 aliphatic rings. The average Bonchev–Trinajstić information content (AvgIpc) is 2.78. The van der Waals surface area contributed by atoms with Crippen LogP contribution in [0.1, 0.15) is 11.1 Å². The van der Waals surface area contributed by atoms with E-state index < -0.39 is 5.63 Å². The normalized spacial score (nSPS) is 10.8. The van der Waals surface area contributed by atoms with Gasteiger partial charge in [0.2, 0.25) is 0 Å². The van der Waals surface area contributed by atoms with E-state index in [4.69, 9.17) is 18.6 Å². The molecule has 0 atom stereocenters. The van der Waals surface area contributed by atoms with Gasteiger partial charge < -0.3 is 18.6 Å². The number of halogens is 1. The second-order valence-corrected chi connectivity index (χ2v) is 7.95. The molecule has 0 spiro atoms. The van der Waals surface area contributed by atoms with E-state index in [-0.39, 0.29) is 0 Å². The maximum absolute atomic E-state index is 12.8. The van der Waals surface area contributed by atoms with Gasteiger partial charge in [-0.25, -0.2) is 4.79 Å². The van der Waals surface area contributed by atoms with Crippen LogP contribution in [0.25, 0.3) is 22.1 Å². The second-order valence-electron chi connectivity index (χ2n) is 7.03. The van der Waals surface area contributed by atoms with Crippen LogP contribution in [0.2, 0.25) is 0 Å². The van der Waals surface area contributed by atoms with Crippen molar-refractivity contribution in [3.05, 3.63) is 86.7 Å². The summed E-state index contributed by atoms with van der Waals surface area (Å²) in [7, 11) is 3.13. The first-order chi connectivity index (χ1) is 15.0. The molecule has 0 fully saturated rings. The first kappa shape index (κ1) is 21.0. The van der Waals surface area contributed by atoms with Gasteiger partial charge in [-0.05, 0) is 66.1 Å². The van der Waals surface area contributed by atoms with E-state index in [2.05, 4.69) is 15.9 Å². The molecule has 3 aromatic carbocycles. The number of ether oxygens (including phenoxy) is 3. The Morgan fingerprint density at radius 1 is 0.903 bits per heavy atom. The summed E-state index contributed by atoms with van der Waals surface area (Å²) in [5.74, 6) is 1.84. The Bertz CT molecular complexity index is 1290. The molecule has 0 aliphatic heterocycles. The molecular formula is C25H21BrO5. The molecule has 5 nitrogen and oxygen atoms in total. The zero-order chi connectivity index (χ0) is 22.0. The molecule has 158 valence electrons. The molecule has 6 heteroatoms. The van der Waals surface area contributed by atoms with Gasteiger partial charge in [0.1, 0.15) is 17.9 Å². The fraction of sp³-hybridized carbons (Fsp3) is 0.160. The Morgan fingerprint density at radius 3 is 2.35 bits per heavy atom. The predicted molar refractivity (Wildman–Crippen MR) is 124 cm³/mol. The van der Waals surface area contributed by atoms with E-state index >= 15 is 0 Å². The number of benzene rings is 3. The van der Waals surface area contributed by atoms with Crippen molar-refractivity contribution in [2.24, 2.45) is 0 Å². The van der Waals surface area contributed by atoms with Gasteiger partial charge in [-0.15, -0.1) is 0 Å². The standard InChI is InChI=1S/C25H21BrO5/c1-15-20-13-19(30-14-16-4-7-18(26)8-5-16)9-11-21(20)31-25(27)24(15)17-6-10-22(28-2)23(12-17)29-3/h4-13H,14H2,1-3H3. The number of rotatable bonds is 6. The van der Waals surface area contributed by atoms with Crippen LogP contribution in [0.5, 0.6) is 17.2 Å². The minimum absolute atomic E-state index is 0.402. The molecule has 0 saturated carbocycles. The summed E-state index contributed by atoms with van der Waals surface area (Å²) in [5.41, 5.74) is 3.17. The monoisotopic (exact) mass is 480 g/mol. The molecule has 4 aromatic rings. The molecule has 4 rings (SSSR count). The summed E-state index contributed by atoms with van der Waals surface area (Å²) in [6.45, 7) is 2.35. The molecule has 31 heavy (non-hydrogen) atoms. The molecule has 0 saturated heterocycles. The third-order valence-corrected chi connectivity index (χ3v) is 5.66. The number of hydrogen-bond donors (Lipinski definition) is 0. The van der Waals surface area contributed by atoms with E-state index in [0.29, 0.717) is 40.6 Å². The zero-order valence-electron chi connectivity index (χ0n) is 17.4. The Hall–Kier alpha value is -3.25. The fourth-order valence-electron chi connectivity index (χ4n) is 3.49. The van der Waals surface area contributed by atoms with Crippen LogP contribution >= 0.6 is 15.9 Å². The van der Waals surface area contributed by atoms with Crippen LogP contribution in [0, 0.1) is 6.92 Å². The van der Waals surface area contributed by atoms with Crippen LogP contribution in [-0.4, -0.2) is 14.2 Å². The summed E-state index contributed by atoms with van der Waals surface area (Å²) >= 11 is 3.43. The largest absolute Gasteiger partial charge is 0.493 e. The minimum atomic E-state index is -0.402. The van der Waals surface area contributed by atoms with Gasteiger partial charge >= 0.3 is 5.63 Å². The third-order valence-electron chi connectivity index (χ3n) is 5.13. The average molecular weight is 481 g/mol. The van der Waals surface area contributed by atoms with Gasteiger partial charge in [0.05, 0.1) is 19.8 Å². The van der Waals surface area contributed by atoms with Gasteiger partial charge in [-0.1, -0.05) is 34.1 Å². The van der Waals surface area contributed by atoms with Crippen molar-refractivity contribution >= 4 is 26.9 Å². The molecule has 1 aromatic heterocycles. The maximum atomic E-state index is 12.8. The van der Waals surface area contributed by atoms with Gasteiger partial charge in [-0.3, -0.25) is 0 Å². The van der Waals surface area contributed by atoms with E-state index in [9.17, 15) is 4.79 Å². The van der Waals surface area contributed by atoms with Crippen molar-refractivity contribution in [1.82, 2.24) is 0 Å². The topological polar surface area (TPSA) is 57.9 Å². The molecule has 0 radical (unpaired) electrons. The number of methoxy groups -OCH3 is 2. The smallest absolute Gasteiger partial charge is 0.344 e. The Kier molecular flexibility index (Phi) is 6.00. The van der Waals surface area contributed by atoms with Gasteiger partial charge in [0.25, 0.3) is 0 Å². The maximum Gasteiger partial charge on any atom is 0.344 e. The van der Waals surface area contributed by atoms with E-state index in [0.717, 1.165) is 21.0 Å². The van der Waals surface area contributed by atoms with Gasteiger partial charge in [0.15, 0.2) is 11.5 Å². The molecule has 0 amide bonds. The summed E-state index contributed by atoms with van der Waals surface area (Å²) < 4.78 is 23.3. The highest BCUT2D eigenvalue weighted by molar-refractivity contribution is 9.10. The van der Waals surface area contributed by atoms with Crippen LogP contribution in [-0.2, 0) is 6.61 Å². The third kappa shape index (κ3) is 4.30. The highest BCUT2D eigenvalue weighted by atomic mass is 79.9. The van der Waals surface area contributed by atoms with Crippen LogP contribution in [0.4, 0.5) is 0 Å². The first-order valence-electron chi connectivity index (χ1n) is 9.67. The Morgan fingerprint density at radius 2 is 1.65 bits per heavy atom. The Labute approximate surface area is 188 Å². The lowest BCUT2D eigenvalue weighted by atomic mass is 9.99. The number of fused-ring (bicyclic) bond motifs is 1. The van der Waals surface area contributed by atoms with E-state index in [1.807, 2.05) is 43.3 Å². The lowest BCUT2D eigenvalue weighted by molar-refractivity contribution is 0.306. The molecule has 0 N–H and O–H groups in total. The quantitative estimate of drug-likeness (QED) is 0.310. The van der Waals surface area contributed by atoms with E-state index in [1.54, 1.807) is 38.5 Å². The molecule has 1 heterocycles. The minimum Gasteiger partial charge on any atom is -0.493 e. The zero-order valence-corrected chi connectivity index (χ0v) is 19.0.